The molecule has 3 N–H and O–H groups in total. The third-order valence-electron chi connectivity index (χ3n) is 3.71. The van der Waals surface area contributed by atoms with E-state index < -0.39 is 29.9 Å². The molecule has 0 saturated heterocycles. The second kappa shape index (κ2) is 9.01. The fraction of sp³-hybridized carbons (Fsp3) is 0.211. The molecule has 0 saturated carbocycles. The number of benzene rings is 2. The number of halogens is 1. The Morgan fingerprint density at radius 2 is 1.69 bits per heavy atom. The van der Waals surface area contributed by atoms with Crippen LogP contribution in [0.2, 0.25) is 5.02 Å². The van der Waals surface area contributed by atoms with E-state index in [2.05, 4.69) is 5.32 Å². The van der Waals surface area contributed by atoms with Gasteiger partial charge in [-0.25, -0.2) is 0 Å². The van der Waals surface area contributed by atoms with Crippen LogP contribution in [0.4, 0.5) is 0 Å². The number of rotatable bonds is 7. The topological polar surface area (TPSA) is 98.5 Å². The molecule has 0 bridgehead atoms. The molecular formula is C19H19ClN2O4. The van der Waals surface area contributed by atoms with Crippen LogP contribution in [0, 0.1) is 0 Å². The van der Waals surface area contributed by atoms with Crippen molar-refractivity contribution in [1.29, 1.82) is 0 Å². The summed E-state index contributed by atoms with van der Waals surface area (Å²) in [5.41, 5.74) is 6.12. The number of ether oxygens (including phenoxy) is 1. The van der Waals surface area contributed by atoms with Gasteiger partial charge in [-0.2, -0.15) is 0 Å². The standard InChI is InChI=1S/C19H19ClN2O4/c1-12(18(21)24)26-17(23)11-16(13-7-3-2-4-8-13)22-19(25)14-9-5-6-10-15(14)20/h2-10,12,16H,11H2,1H3,(H2,21,24)(H,22,25)/t12-,16+/m1/s1. The summed E-state index contributed by atoms with van der Waals surface area (Å²) in [6, 6.07) is 14.9. The van der Waals surface area contributed by atoms with Crippen LogP contribution in [0.25, 0.3) is 0 Å². The van der Waals surface area contributed by atoms with Crippen molar-refractivity contribution in [1.82, 2.24) is 5.32 Å². The summed E-state index contributed by atoms with van der Waals surface area (Å²) in [7, 11) is 0. The Kier molecular flexibility index (Phi) is 6.74. The maximum absolute atomic E-state index is 12.5. The van der Waals surface area contributed by atoms with E-state index >= 15 is 0 Å². The number of hydrogen-bond acceptors (Lipinski definition) is 4. The molecule has 0 unspecified atom stereocenters. The third kappa shape index (κ3) is 5.32. The highest BCUT2D eigenvalue weighted by atomic mass is 35.5. The fourth-order valence-corrected chi connectivity index (χ4v) is 2.51. The first-order chi connectivity index (χ1) is 12.4. The molecule has 0 radical (unpaired) electrons. The summed E-state index contributed by atoms with van der Waals surface area (Å²) in [5.74, 6) is -1.81. The smallest absolute Gasteiger partial charge is 0.309 e. The van der Waals surface area contributed by atoms with Crippen LogP contribution in [0.1, 0.15) is 35.3 Å². The number of esters is 1. The summed E-state index contributed by atoms with van der Waals surface area (Å²) < 4.78 is 4.98. The van der Waals surface area contributed by atoms with Gasteiger partial charge >= 0.3 is 5.97 Å². The summed E-state index contributed by atoms with van der Waals surface area (Å²) in [4.78, 5) is 35.7. The van der Waals surface area contributed by atoms with Crippen molar-refractivity contribution in [2.24, 2.45) is 5.73 Å². The largest absolute Gasteiger partial charge is 0.452 e. The number of carbonyl (C=O) groups is 3. The van der Waals surface area contributed by atoms with Crippen molar-refractivity contribution >= 4 is 29.4 Å². The summed E-state index contributed by atoms with van der Waals surface area (Å²) in [6.45, 7) is 1.39. The molecule has 0 aliphatic rings. The van der Waals surface area contributed by atoms with Crippen molar-refractivity contribution in [2.75, 3.05) is 0 Å². The van der Waals surface area contributed by atoms with Crippen molar-refractivity contribution in [2.45, 2.75) is 25.5 Å². The van der Waals surface area contributed by atoms with Crippen molar-refractivity contribution in [3.63, 3.8) is 0 Å². The minimum absolute atomic E-state index is 0.155. The molecule has 2 aromatic carbocycles. The molecule has 6 nitrogen and oxygen atoms in total. The van der Waals surface area contributed by atoms with Gasteiger partial charge in [0.05, 0.1) is 23.0 Å². The van der Waals surface area contributed by atoms with Gasteiger partial charge in [0.15, 0.2) is 6.10 Å². The maximum atomic E-state index is 12.5. The second-order valence-electron chi connectivity index (χ2n) is 5.66. The van der Waals surface area contributed by atoms with E-state index in [0.29, 0.717) is 10.6 Å². The highest BCUT2D eigenvalue weighted by molar-refractivity contribution is 6.33. The zero-order chi connectivity index (χ0) is 19.1. The zero-order valence-corrected chi connectivity index (χ0v) is 14.9. The molecule has 0 spiro atoms. The lowest BCUT2D eigenvalue weighted by molar-refractivity contribution is -0.154. The number of hydrogen-bond donors (Lipinski definition) is 2. The van der Waals surface area contributed by atoms with Gasteiger partial charge in [-0.05, 0) is 24.6 Å². The molecule has 2 rings (SSSR count). The minimum Gasteiger partial charge on any atom is -0.452 e. The molecule has 0 aromatic heterocycles. The van der Waals surface area contributed by atoms with Gasteiger partial charge in [0.2, 0.25) is 0 Å². The number of nitrogens with two attached hydrogens (primary N) is 1. The Labute approximate surface area is 156 Å². The first-order valence-electron chi connectivity index (χ1n) is 7.97. The molecule has 0 fully saturated rings. The van der Waals surface area contributed by atoms with E-state index in [-0.39, 0.29) is 6.42 Å². The summed E-state index contributed by atoms with van der Waals surface area (Å²) >= 11 is 6.05. The predicted molar refractivity (Wildman–Crippen MR) is 97.5 cm³/mol. The van der Waals surface area contributed by atoms with Crippen LogP contribution in [0.15, 0.2) is 54.6 Å². The highest BCUT2D eigenvalue weighted by Crippen LogP contribution is 2.21. The first-order valence-corrected chi connectivity index (χ1v) is 8.35. The van der Waals surface area contributed by atoms with Gasteiger partial charge < -0.3 is 15.8 Å². The van der Waals surface area contributed by atoms with Gasteiger partial charge in [0, 0.05) is 0 Å². The van der Waals surface area contributed by atoms with Crippen LogP contribution in [-0.2, 0) is 14.3 Å². The Balaban J connectivity index is 2.17. The molecule has 2 amide bonds. The van der Waals surface area contributed by atoms with Gasteiger partial charge in [0.25, 0.3) is 11.8 Å². The molecule has 0 aliphatic heterocycles. The van der Waals surface area contributed by atoms with E-state index in [1.807, 2.05) is 6.07 Å². The van der Waals surface area contributed by atoms with Crippen LogP contribution in [0.3, 0.4) is 0 Å². The van der Waals surface area contributed by atoms with Crippen LogP contribution in [-0.4, -0.2) is 23.9 Å². The Bertz CT molecular complexity index is 795. The summed E-state index contributed by atoms with van der Waals surface area (Å²) in [6.07, 6.45) is -1.20. The van der Waals surface area contributed by atoms with E-state index in [9.17, 15) is 14.4 Å². The number of nitrogens with one attached hydrogen (secondary N) is 1. The van der Waals surface area contributed by atoms with Gasteiger partial charge in [-0.3, -0.25) is 14.4 Å². The molecule has 136 valence electrons. The Morgan fingerprint density at radius 3 is 2.31 bits per heavy atom. The molecule has 2 atom stereocenters. The molecule has 2 aromatic rings. The van der Waals surface area contributed by atoms with Crippen LogP contribution >= 0.6 is 11.6 Å². The SMILES string of the molecule is C[C@@H](OC(=O)C[C@H](NC(=O)c1ccccc1Cl)c1ccccc1)C(N)=O. The third-order valence-corrected chi connectivity index (χ3v) is 4.04. The van der Waals surface area contributed by atoms with E-state index in [1.165, 1.54) is 6.92 Å². The van der Waals surface area contributed by atoms with Gasteiger partial charge in [-0.15, -0.1) is 0 Å². The van der Waals surface area contributed by atoms with Crippen LogP contribution in [0.5, 0.6) is 0 Å². The quantitative estimate of drug-likeness (QED) is 0.728. The second-order valence-corrected chi connectivity index (χ2v) is 6.06. The Morgan fingerprint density at radius 1 is 1.08 bits per heavy atom. The average molecular weight is 375 g/mol. The molecule has 7 heteroatoms. The fourth-order valence-electron chi connectivity index (χ4n) is 2.29. The minimum atomic E-state index is -1.04. The zero-order valence-electron chi connectivity index (χ0n) is 14.1. The molecule has 0 heterocycles. The highest BCUT2D eigenvalue weighted by Gasteiger charge is 2.23. The van der Waals surface area contributed by atoms with Crippen molar-refractivity contribution in [3.8, 4) is 0 Å². The lowest BCUT2D eigenvalue weighted by Crippen LogP contribution is -2.34. The van der Waals surface area contributed by atoms with Crippen molar-refractivity contribution in [3.05, 3.63) is 70.7 Å². The molecule has 0 aliphatic carbocycles. The number of carbonyl (C=O) groups excluding carboxylic acids is 3. The monoisotopic (exact) mass is 374 g/mol. The predicted octanol–water partition coefficient (Wildman–Crippen LogP) is 2.62. The molecule has 26 heavy (non-hydrogen) atoms. The number of amides is 2. The lowest BCUT2D eigenvalue weighted by atomic mass is 10.0. The maximum Gasteiger partial charge on any atom is 0.309 e. The van der Waals surface area contributed by atoms with Crippen LogP contribution < -0.4 is 11.1 Å². The van der Waals surface area contributed by atoms with Gasteiger partial charge in [0.1, 0.15) is 0 Å². The lowest BCUT2D eigenvalue weighted by Gasteiger charge is -2.20. The van der Waals surface area contributed by atoms with Gasteiger partial charge in [-0.1, -0.05) is 54.1 Å². The Hall–Kier alpha value is -2.86. The van der Waals surface area contributed by atoms with E-state index in [1.54, 1.807) is 48.5 Å². The summed E-state index contributed by atoms with van der Waals surface area (Å²) in [5, 5.41) is 3.09. The average Bonchev–Trinajstić information content (AvgIpc) is 2.62. The van der Waals surface area contributed by atoms with E-state index in [0.717, 1.165) is 5.56 Å². The van der Waals surface area contributed by atoms with Crippen molar-refractivity contribution < 1.29 is 19.1 Å². The molecular weight excluding hydrogens is 356 g/mol. The van der Waals surface area contributed by atoms with E-state index in [4.69, 9.17) is 22.1 Å². The normalized spacial score (nSPS) is 12.7. The first kappa shape index (κ1) is 19.5. The number of primary amides is 1.